The van der Waals surface area contributed by atoms with E-state index in [1.54, 1.807) is 26.3 Å². The molecule has 4 aromatic heterocycles. The lowest BCUT2D eigenvalue weighted by molar-refractivity contribution is 0.0743. The number of ether oxygens (including phenoxy) is 2. The molecule has 1 aliphatic rings. The zero-order valence-corrected chi connectivity index (χ0v) is 20.5. The molecule has 0 amide bonds. The molecule has 1 saturated heterocycles. The smallest absolute Gasteiger partial charge is 0.201 e. The molecular weight excluding hydrogens is 461 g/mol. The van der Waals surface area contributed by atoms with Crippen LogP contribution in [-0.2, 0) is 4.74 Å². The average Bonchev–Trinajstić information content (AvgIpc) is 3.48. The number of hydrogen-bond donors (Lipinski definition) is 1. The fourth-order valence-electron chi connectivity index (χ4n) is 4.58. The molecule has 0 bridgehead atoms. The van der Waals surface area contributed by atoms with Gasteiger partial charge in [-0.15, -0.1) is 5.10 Å². The Morgan fingerprint density at radius 1 is 1.19 bits per heavy atom. The lowest BCUT2D eigenvalue weighted by atomic mass is 10.1. The van der Waals surface area contributed by atoms with Crippen molar-refractivity contribution in [1.82, 2.24) is 34.7 Å². The first-order chi connectivity index (χ1) is 17.6. The van der Waals surface area contributed by atoms with E-state index in [1.165, 1.54) is 12.3 Å². The molecule has 9 nitrogen and oxygen atoms in total. The number of fused-ring (bicyclic) bond motifs is 1. The van der Waals surface area contributed by atoms with Gasteiger partial charge in [0, 0.05) is 18.7 Å². The SMILES string of the molecule is CC#Cc1cnc2cc(-c3nnn(C4CCNCC4)c3C)cc(OC(COC)c3ccc(F)cn3)n12. The number of piperidine rings is 1. The fourth-order valence-corrected chi connectivity index (χ4v) is 4.58. The highest BCUT2D eigenvalue weighted by Crippen LogP contribution is 2.32. The van der Waals surface area contributed by atoms with Gasteiger partial charge in [-0.25, -0.2) is 14.1 Å². The number of nitrogens with zero attached hydrogens (tertiary/aromatic N) is 6. The van der Waals surface area contributed by atoms with Gasteiger partial charge in [0.1, 0.15) is 22.9 Å². The van der Waals surface area contributed by atoms with Crippen LogP contribution in [0.1, 0.15) is 49.0 Å². The van der Waals surface area contributed by atoms with Gasteiger partial charge in [0.15, 0.2) is 6.10 Å². The molecule has 0 spiro atoms. The van der Waals surface area contributed by atoms with E-state index in [9.17, 15) is 4.39 Å². The zero-order chi connectivity index (χ0) is 25.1. The summed E-state index contributed by atoms with van der Waals surface area (Å²) in [6.45, 7) is 5.97. The second-order valence-electron chi connectivity index (χ2n) is 8.71. The first kappa shape index (κ1) is 23.9. The van der Waals surface area contributed by atoms with Gasteiger partial charge in [-0.1, -0.05) is 11.1 Å². The Hall–Kier alpha value is -3.81. The molecule has 5 heterocycles. The summed E-state index contributed by atoms with van der Waals surface area (Å²) < 4.78 is 29.2. The van der Waals surface area contributed by atoms with Crippen molar-refractivity contribution in [1.29, 1.82) is 0 Å². The number of halogens is 1. The molecule has 1 N–H and O–H groups in total. The average molecular weight is 490 g/mol. The number of pyridine rings is 2. The minimum Gasteiger partial charge on any atom is -0.466 e. The van der Waals surface area contributed by atoms with E-state index >= 15 is 0 Å². The van der Waals surface area contributed by atoms with Gasteiger partial charge in [-0.05, 0) is 63.9 Å². The number of imidazole rings is 1. The predicted octanol–water partition coefficient (Wildman–Crippen LogP) is 3.50. The van der Waals surface area contributed by atoms with Crippen molar-refractivity contribution in [3.8, 4) is 29.0 Å². The van der Waals surface area contributed by atoms with Crippen LogP contribution in [0.25, 0.3) is 16.9 Å². The van der Waals surface area contributed by atoms with E-state index in [4.69, 9.17) is 9.47 Å². The fraction of sp³-hybridized carbons (Fsp3) is 0.385. The molecule has 4 aromatic rings. The van der Waals surface area contributed by atoms with Crippen LogP contribution >= 0.6 is 0 Å². The van der Waals surface area contributed by atoms with Gasteiger partial charge >= 0.3 is 0 Å². The second kappa shape index (κ2) is 10.4. The van der Waals surface area contributed by atoms with Crippen molar-refractivity contribution in [3.63, 3.8) is 0 Å². The Kier molecular flexibility index (Phi) is 6.93. The highest BCUT2D eigenvalue weighted by Gasteiger charge is 2.23. The first-order valence-electron chi connectivity index (χ1n) is 11.9. The van der Waals surface area contributed by atoms with Crippen molar-refractivity contribution in [2.45, 2.75) is 38.8 Å². The molecule has 10 heteroatoms. The normalized spacial score (nSPS) is 15.0. The monoisotopic (exact) mass is 489 g/mol. The largest absolute Gasteiger partial charge is 0.466 e. The van der Waals surface area contributed by atoms with E-state index in [2.05, 4.69) is 37.4 Å². The van der Waals surface area contributed by atoms with Crippen LogP contribution < -0.4 is 10.1 Å². The molecular formula is C26H28FN7O2. The third-order valence-electron chi connectivity index (χ3n) is 6.34. The van der Waals surface area contributed by atoms with E-state index in [-0.39, 0.29) is 6.61 Å². The molecule has 0 aliphatic carbocycles. The van der Waals surface area contributed by atoms with Gasteiger partial charge in [-0.2, -0.15) is 0 Å². The maximum absolute atomic E-state index is 13.5. The lowest BCUT2D eigenvalue weighted by Gasteiger charge is -2.23. The summed E-state index contributed by atoms with van der Waals surface area (Å²) >= 11 is 0. The zero-order valence-electron chi connectivity index (χ0n) is 20.5. The Morgan fingerprint density at radius 3 is 2.75 bits per heavy atom. The summed E-state index contributed by atoms with van der Waals surface area (Å²) in [6.07, 6.45) is 4.33. The number of nitrogens with one attached hydrogen (secondary N) is 1. The lowest BCUT2D eigenvalue weighted by Crippen LogP contribution is -2.30. The molecule has 5 rings (SSSR count). The highest BCUT2D eigenvalue weighted by atomic mass is 19.1. The van der Waals surface area contributed by atoms with E-state index in [0.717, 1.165) is 42.9 Å². The molecule has 186 valence electrons. The Balaban J connectivity index is 1.59. The van der Waals surface area contributed by atoms with Crippen LogP contribution in [0.2, 0.25) is 0 Å². The molecule has 1 unspecified atom stereocenters. The standard InChI is InChI=1S/C26H28FN7O2/c1-4-5-21-15-30-24-12-18(26-17(2)34(32-31-26)20-8-10-28-11-9-20)13-25(33(21)24)36-23(16-35-3)22-7-6-19(27)14-29-22/h6-7,12-15,20,23,28H,8-11,16H2,1-3H3. The van der Waals surface area contributed by atoms with Crippen molar-refractivity contribution in [2.75, 3.05) is 26.8 Å². The molecule has 0 radical (unpaired) electrons. The van der Waals surface area contributed by atoms with Crippen LogP contribution in [0, 0.1) is 24.6 Å². The van der Waals surface area contributed by atoms with Crippen LogP contribution in [0.3, 0.4) is 0 Å². The van der Waals surface area contributed by atoms with Crippen LogP contribution in [0.4, 0.5) is 4.39 Å². The van der Waals surface area contributed by atoms with Crippen molar-refractivity contribution in [3.05, 3.63) is 59.6 Å². The minimum atomic E-state index is -0.578. The topological polar surface area (TPSA) is 91.4 Å². The summed E-state index contributed by atoms with van der Waals surface area (Å²) in [5, 5.41) is 12.4. The maximum Gasteiger partial charge on any atom is 0.201 e. The summed E-state index contributed by atoms with van der Waals surface area (Å²) in [4.78, 5) is 8.77. The summed E-state index contributed by atoms with van der Waals surface area (Å²) in [5.41, 5.74) is 4.50. The van der Waals surface area contributed by atoms with Gasteiger partial charge in [0.25, 0.3) is 0 Å². The van der Waals surface area contributed by atoms with Crippen LogP contribution in [0.15, 0.2) is 36.7 Å². The highest BCUT2D eigenvalue weighted by molar-refractivity contribution is 5.68. The van der Waals surface area contributed by atoms with E-state index in [0.29, 0.717) is 29.0 Å². The summed E-state index contributed by atoms with van der Waals surface area (Å²) in [6, 6.07) is 7.13. The number of hydrogen-bond acceptors (Lipinski definition) is 7. The number of aromatic nitrogens is 6. The second-order valence-corrected chi connectivity index (χ2v) is 8.71. The van der Waals surface area contributed by atoms with Gasteiger partial charge in [0.05, 0.1) is 36.4 Å². The molecule has 36 heavy (non-hydrogen) atoms. The number of rotatable bonds is 7. The van der Waals surface area contributed by atoms with E-state index < -0.39 is 11.9 Å². The molecule has 1 fully saturated rings. The Labute approximate surface area is 208 Å². The van der Waals surface area contributed by atoms with Gasteiger partial charge in [0.2, 0.25) is 5.88 Å². The molecule has 0 saturated carbocycles. The summed E-state index contributed by atoms with van der Waals surface area (Å²) in [5.74, 6) is 6.09. The maximum atomic E-state index is 13.5. The predicted molar refractivity (Wildman–Crippen MR) is 132 cm³/mol. The van der Waals surface area contributed by atoms with Gasteiger partial charge < -0.3 is 14.8 Å². The van der Waals surface area contributed by atoms with E-state index in [1.807, 2.05) is 28.1 Å². The van der Waals surface area contributed by atoms with Crippen LogP contribution in [0.5, 0.6) is 5.88 Å². The first-order valence-corrected chi connectivity index (χ1v) is 11.9. The molecule has 0 aromatic carbocycles. The quantitative estimate of drug-likeness (QED) is 0.397. The third-order valence-corrected chi connectivity index (χ3v) is 6.34. The van der Waals surface area contributed by atoms with Crippen molar-refractivity contribution in [2.24, 2.45) is 0 Å². The minimum absolute atomic E-state index is 0.221. The van der Waals surface area contributed by atoms with Crippen molar-refractivity contribution >= 4 is 5.65 Å². The Bertz CT molecular complexity index is 1410. The Morgan fingerprint density at radius 2 is 2.03 bits per heavy atom. The third kappa shape index (κ3) is 4.67. The summed E-state index contributed by atoms with van der Waals surface area (Å²) in [7, 11) is 1.58. The van der Waals surface area contributed by atoms with Crippen molar-refractivity contribution < 1.29 is 13.9 Å². The van der Waals surface area contributed by atoms with Gasteiger partial charge in [-0.3, -0.25) is 9.38 Å². The van der Waals surface area contributed by atoms with Crippen LogP contribution in [-0.4, -0.2) is 56.2 Å². The number of methoxy groups -OCH3 is 1. The molecule has 1 atom stereocenters. The molecule has 1 aliphatic heterocycles.